The average molecular weight is 448 g/mol. The van der Waals surface area contributed by atoms with Crippen LogP contribution < -0.4 is 10.0 Å². The zero-order chi connectivity index (χ0) is 20.5. The number of anilines is 2. The highest BCUT2D eigenvalue weighted by Gasteiger charge is 2.26. The van der Waals surface area contributed by atoms with Gasteiger partial charge in [-0.05, 0) is 37.3 Å². The summed E-state index contributed by atoms with van der Waals surface area (Å²) in [5, 5.41) is 4.41. The number of sulfonamides is 1. The van der Waals surface area contributed by atoms with Crippen molar-refractivity contribution in [3.63, 3.8) is 0 Å². The lowest BCUT2D eigenvalue weighted by Gasteiger charge is -2.18. The minimum atomic E-state index is -4.52. The van der Waals surface area contributed by atoms with Crippen molar-refractivity contribution in [3.05, 3.63) is 69.3 Å². The van der Waals surface area contributed by atoms with Crippen LogP contribution in [-0.2, 0) is 10.0 Å². The number of thiazole rings is 1. The second kappa shape index (κ2) is 7.98. The molecule has 0 saturated heterocycles. The van der Waals surface area contributed by atoms with Crippen LogP contribution in [0, 0.1) is 17.5 Å². The molecule has 0 aliphatic heterocycles. The Kier molecular flexibility index (Phi) is 5.82. The molecule has 0 aliphatic carbocycles. The Morgan fingerprint density at radius 2 is 1.79 bits per heavy atom. The molecule has 0 fully saturated rings. The summed E-state index contributed by atoms with van der Waals surface area (Å²) >= 11 is 6.97. The number of rotatable bonds is 6. The Hall–Kier alpha value is -2.30. The summed E-state index contributed by atoms with van der Waals surface area (Å²) in [6.07, 6.45) is 0. The highest BCUT2D eigenvalue weighted by Crippen LogP contribution is 2.29. The first kappa shape index (κ1) is 20.4. The van der Waals surface area contributed by atoms with Gasteiger partial charge in [0.1, 0.15) is 17.5 Å². The molecule has 11 heteroatoms. The quantitative estimate of drug-likeness (QED) is 0.545. The van der Waals surface area contributed by atoms with Gasteiger partial charge in [-0.1, -0.05) is 11.6 Å². The van der Waals surface area contributed by atoms with Crippen LogP contribution in [0.4, 0.5) is 24.7 Å². The van der Waals surface area contributed by atoms with Gasteiger partial charge in [0.15, 0.2) is 10.7 Å². The molecule has 1 heterocycles. The number of hydrogen-bond acceptors (Lipinski definition) is 5. The topological polar surface area (TPSA) is 71.1 Å². The van der Waals surface area contributed by atoms with E-state index in [0.717, 1.165) is 23.5 Å². The average Bonchev–Trinajstić information content (AvgIpc) is 3.08. The van der Waals surface area contributed by atoms with E-state index in [0.29, 0.717) is 5.02 Å². The van der Waals surface area contributed by atoms with Gasteiger partial charge in [0.25, 0.3) is 10.0 Å². The van der Waals surface area contributed by atoms with Gasteiger partial charge in [0.2, 0.25) is 0 Å². The number of aromatic nitrogens is 1. The summed E-state index contributed by atoms with van der Waals surface area (Å²) in [6.45, 7) is 1.57. The van der Waals surface area contributed by atoms with Crippen molar-refractivity contribution >= 4 is 44.5 Å². The first-order valence-corrected chi connectivity index (χ1v) is 10.6. The lowest BCUT2D eigenvalue weighted by molar-refractivity contribution is 0.521. The number of benzene rings is 2. The van der Waals surface area contributed by atoms with Gasteiger partial charge in [0.05, 0.1) is 11.6 Å². The predicted molar refractivity (Wildman–Crippen MR) is 103 cm³/mol. The lowest BCUT2D eigenvalue weighted by atomic mass is 10.1. The number of nitrogens with zero attached hydrogens (tertiary/aromatic N) is 1. The SMILES string of the molecule is CC(Nc1cc(F)c(S(=O)(=O)Nc2cscn2)c(F)c1)c1cc(Cl)ccc1F. The molecular formula is C17H13ClF3N3O2S2. The van der Waals surface area contributed by atoms with Crippen molar-refractivity contribution in [2.24, 2.45) is 0 Å². The van der Waals surface area contributed by atoms with Crippen LogP contribution in [0.1, 0.15) is 18.5 Å². The van der Waals surface area contributed by atoms with E-state index in [1.165, 1.54) is 29.1 Å². The molecule has 0 amide bonds. The Balaban J connectivity index is 1.88. The molecule has 2 aromatic carbocycles. The van der Waals surface area contributed by atoms with Crippen LogP contribution >= 0.6 is 22.9 Å². The zero-order valence-corrected chi connectivity index (χ0v) is 16.6. The third-order valence-corrected chi connectivity index (χ3v) is 5.97. The van der Waals surface area contributed by atoms with E-state index in [1.807, 2.05) is 4.72 Å². The zero-order valence-electron chi connectivity index (χ0n) is 14.2. The number of hydrogen-bond donors (Lipinski definition) is 2. The number of halogens is 4. The van der Waals surface area contributed by atoms with Gasteiger partial charge < -0.3 is 5.32 Å². The standard InChI is InChI=1S/C17H13ClF3N3O2S2/c1-9(12-4-10(18)2-3-13(12)19)23-11-5-14(20)17(15(21)6-11)28(25,26)24-16-7-27-8-22-16/h2-9,23-24H,1H3. The fourth-order valence-corrected chi connectivity index (χ4v) is 4.39. The van der Waals surface area contributed by atoms with Crippen LogP contribution in [-0.4, -0.2) is 13.4 Å². The third-order valence-electron chi connectivity index (χ3n) is 3.75. The molecule has 5 nitrogen and oxygen atoms in total. The highest BCUT2D eigenvalue weighted by molar-refractivity contribution is 7.92. The summed E-state index contributed by atoms with van der Waals surface area (Å²) < 4.78 is 69.3. The second-order valence-corrected chi connectivity index (χ2v) is 8.55. The van der Waals surface area contributed by atoms with Crippen molar-refractivity contribution in [2.75, 3.05) is 10.0 Å². The molecule has 0 spiro atoms. The summed E-state index contributed by atoms with van der Waals surface area (Å²) in [7, 11) is -4.52. The van der Waals surface area contributed by atoms with Crippen molar-refractivity contribution in [3.8, 4) is 0 Å². The Morgan fingerprint density at radius 1 is 1.11 bits per heavy atom. The summed E-state index contributed by atoms with van der Waals surface area (Å²) in [4.78, 5) is 2.58. The van der Waals surface area contributed by atoms with Gasteiger partial charge in [-0.2, -0.15) is 0 Å². The maximum absolute atomic E-state index is 14.4. The maximum atomic E-state index is 14.4. The molecule has 3 rings (SSSR count). The molecule has 0 aliphatic rings. The molecule has 28 heavy (non-hydrogen) atoms. The van der Waals surface area contributed by atoms with Crippen LogP contribution in [0.15, 0.2) is 46.1 Å². The largest absolute Gasteiger partial charge is 0.378 e. The molecular weight excluding hydrogens is 435 g/mol. The second-order valence-electron chi connectivity index (χ2n) is 5.78. The third kappa shape index (κ3) is 4.40. The van der Waals surface area contributed by atoms with E-state index in [9.17, 15) is 21.6 Å². The van der Waals surface area contributed by atoms with Crippen LogP contribution in [0.5, 0.6) is 0 Å². The molecule has 148 valence electrons. The molecule has 0 saturated carbocycles. The Morgan fingerprint density at radius 3 is 2.39 bits per heavy atom. The van der Waals surface area contributed by atoms with Crippen molar-refractivity contribution in [1.29, 1.82) is 0 Å². The smallest absolute Gasteiger partial charge is 0.268 e. The molecule has 1 atom stereocenters. The molecule has 3 aromatic rings. The highest BCUT2D eigenvalue weighted by atomic mass is 35.5. The molecule has 1 aromatic heterocycles. The van der Waals surface area contributed by atoms with E-state index in [2.05, 4.69) is 10.3 Å². The normalized spacial score (nSPS) is 12.6. The van der Waals surface area contributed by atoms with Crippen LogP contribution in [0.2, 0.25) is 5.02 Å². The van der Waals surface area contributed by atoms with Gasteiger partial charge in [-0.15, -0.1) is 11.3 Å². The summed E-state index contributed by atoms with van der Waals surface area (Å²) in [5.41, 5.74) is 1.50. The van der Waals surface area contributed by atoms with Crippen LogP contribution in [0.25, 0.3) is 0 Å². The first-order chi connectivity index (χ1) is 13.2. The van der Waals surface area contributed by atoms with Crippen molar-refractivity contribution < 1.29 is 21.6 Å². The Labute approximate surface area is 168 Å². The molecule has 2 N–H and O–H groups in total. The minimum absolute atomic E-state index is 0.0453. The summed E-state index contributed by atoms with van der Waals surface area (Å²) in [5.74, 6) is -3.19. The maximum Gasteiger partial charge on any atom is 0.268 e. The van der Waals surface area contributed by atoms with Gasteiger partial charge >= 0.3 is 0 Å². The predicted octanol–water partition coefficient (Wildman–Crippen LogP) is 5.19. The monoisotopic (exact) mass is 447 g/mol. The molecule has 0 radical (unpaired) electrons. The molecule has 0 bridgehead atoms. The lowest BCUT2D eigenvalue weighted by Crippen LogP contribution is -2.17. The van der Waals surface area contributed by atoms with E-state index >= 15 is 0 Å². The van der Waals surface area contributed by atoms with E-state index in [1.54, 1.807) is 6.92 Å². The fourth-order valence-electron chi connectivity index (χ4n) is 2.53. The molecule has 1 unspecified atom stereocenters. The van der Waals surface area contributed by atoms with Crippen molar-refractivity contribution in [1.82, 2.24) is 4.98 Å². The first-order valence-electron chi connectivity index (χ1n) is 7.79. The van der Waals surface area contributed by atoms with Crippen LogP contribution in [0.3, 0.4) is 0 Å². The number of nitrogens with one attached hydrogen (secondary N) is 2. The van der Waals surface area contributed by atoms with Crippen molar-refractivity contribution in [2.45, 2.75) is 17.9 Å². The Bertz CT molecular complexity index is 1090. The van der Waals surface area contributed by atoms with Gasteiger partial charge in [-0.3, -0.25) is 4.72 Å². The van der Waals surface area contributed by atoms with E-state index in [4.69, 9.17) is 11.6 Å². The van der Waals surface area contributed by atoms with E-state index < -0.39 is 38.4 Å². The summed E-state index contributed by atoms with van der Waals surface area (Å²) in [6, 6.07) is 4.89. The fraction of sp³-hybridized carbons (Fsp3) is 0.118. The minimum Gasteiger partial charge on any atom is -0.378 e. The van der Waals surface area contributed by atoms with Gasteiger partial charge in [-0.25, -0.2) is 26.6 Å². The van der Waals surface area contributed by atoms with E-state index in [-0.39, 0.29) is 17.1 Å². The van der Waals surface area contributed by atoms with Gasteiger partial charge in [0, 0.05) is 21.7 Å².